The van der Waals surface area contributed by atoms with Gasteiger partial charge in [0.2, 0.25) is 0 Å². The predicted octanol–water partition coefficient (Wildman–Crippen LogP) is 4.31. The third kappa shape index (κ3) is 13.3. The normalized spacial score (nSPS) is 13.9. The maximum Gasteiger partial charge on any atom is 0.0615 e. The molecule has 0 spiro atoms. The smallest absolute Gasteiger partial charge is 0.0615 e. The average Bonchev–Trinajstić information content (AvgIpc) is 1.93. The molecular weight excluding hydrogens is 276 g/mol. The SMILES string of the molecule is C[C-](OC(C)(C)C)C(OC(C)(C)C)OC(C)(C)C.[Ti]. The second-order valence-electron chi connectivity index (χ2n) is 7.62. The molecule has 0 atom stereocenters. The van der Waals surface area contributed by atoms with E-state index in [0.29, 0.717) is 0 Å². The average molecular weight is 307 g/mol. The van der Waals surface area contributed by atoms with Crippen molar-refractivity contribution in [2.45, 2.75) is 92.3 Å². The Morgan fingerprint density at radius 2 is 1.00 bits per heavy atom. The van der Waals surface area contributed by atoms with Crippen LogP contribution in [-0.2, 0) is 35.9 Å². The molecule has 0 heterocycles. The van der Waals surface area contributed by atoms with Gasteiger partial charge in [-0.3, -0.25) is 0 Å². The largest absolute Gasteiger partial charge is 0.540 e. The van der Waals surface area contributed by atoms with Crippen molar-refractivity contribution >= 4 is 0 Å². The zero-order chi connectivity index (χ0) is 14.8. The molecule has 0 unspecified atom stereocenters. The number of hydrogen-bond donors (Lipinski definition) is 0. The standard InChI is InChI=1S/C15H31O3.Ti/c1-11(16-13(2,3)4)12(17-14(5,6)7)18-15(8,9)10;/h12H,1-10H3;/q-1;. The summed E-state index contributed by atoms with van der Waals surface area (Å²) in [5.41, 5.74) is -0.804. The third-order valence-electron chi connectivity index (χ3n) is 1.72. The van der Waals surface area contributed by atoms with Crippen LogP contribution >= 0.6 is 0 Å². The first-order valence-corrected chi connectivity index (χ1v) is 6.58. The van der Waals surface area contributed by atoms with Gasteiger partial charge in [-0.1, -0.05) is 0 Å². The Bertz CT molecular complexity index is 230. The van der Waals surface area contributed by atoms with Crippen molar-refractivity contribution in [3.63, 3.8) is 0 Å². The molecule has 0 radical (unpaired) electrons. The number of rotatable bonds is 4. The van der Waals surface area contributed by atoms with Crippen LogP contribution < -0.4 is 0 Å². The Kier molecular flexibility index (Phi) is 8.71. The Balaban J connectivity index is 0. The van der Waals surface area contributed by atoms with E-state index in [1.54, 1.807) is 0 Å². The minimum absolute atomic E-state index is 0. The Hall–Kier alpha value is 0.594. The van der Waals surface area contributed by atoms with Gasteiger partial charge in [0.15, 0.2) is 0 Å². The maximum atomic E-state index is 5.94. The predicted molar refractivity (Wildman–Crippen MR) is 75.2 cm³/mol. The van der Waals surface area contributed by atoms with Crippen LogP contribution in [0.2, 0.25) is 0 Å². The molecule has 4 heteroatoms. The summed E-state index contributed by atoms with van der Waals surface area (Å²) in [4.78, 5) is 0. The molecule has 114 valence electrons. The molecule has 3 nitrogen and oxygen atoms in total. The Morgan fingerprint density at radius 3 is 1.21 bits per heavy atom. The van der Waals surface area contributed by atoms with Crippen molar-refractivity contribution < 1.29 is 35.9 Å². The summed E-state index contributed by atoms with van der Waals surface area (Å²) in [6.45, 7) is 20.0. The van der Waals surface area contributed by atoms with Gasteiger partial charge in [-0.25, -0.2) is 0 Å². The minimum Gasteiger partial charge on any atom is -0.540 e. The zero-order valence-electron chi connectivity index (χ0n) is 14.3. The second-order valence-corrected chi connectivity index (χ2v) is 7.62. The van der Waals surface area contributed by atoms with Crippen molar-refractivity contribution in [3.05, 3.63) is 6.10 Å². The van der Waals surface area contributed by atoms with E-state index in [-0.39, 0.29) is 38.5 Å². The first kappa shape index (κ1) is 21.9. The molecule has 0 saturated carbocycles. The quantitative estimate of drug-likeness (QED) is 0.440. The van der Waals surface area contributed by atoms with E-state index in [4.69, 9.17) is 14.2 Å². The van der Waals surface area contributed by atoms with Crippen molar-refractivity contribution in [2.75, 3.05) is 0 Å². The summed E-state index contributed by atoms with van der Waals surface area (Å²) < 4.78 is 17.7. The fraction of sp³-hybridized carbons (Fsp3) is 0.933. The summed E-state index contributed by atoms with van der Waals surface area (Å²) in [7, 11) is 0. The molecule has 0 aliphatic heterocycles. The van der Waals surface area contributed by atoms with Gasteiger partial charge >= 0.3 is 0 Å². The first-order valence-electron chi connectivity index (χ1n) is 6.58. The maximum absolute atomic E-state index is 5.94. The molecule has 19 heavy (non-hydrogen) atoms. The van der Waals surface area contributed by atoms with Crippen LogP contribution in [0, 0.1) is 6.10 Å². The number of ether oxygens (including phenoxy) is 3. The summed E-state index contributed by atoms with van der Waals surface area (Å²) in [6.07, 6.45) is 0.302. The zero-order valence-corrected chi connectivity index (χ0v) is 15.9. The van der Waals surface area contributed by atoms with E-state index < -0.39 is 6.29 Å². The van der Waals surface area contributed by atoms with Crippen LogP contribution in [0.1, 0.15) is 69.2 Å². The molecule has 0 rings (SSSR count). The summed E-state index contributed by atoms with van der Waals surface area (Å²) >= 11 is 0. The van der Waals surface area contributed by atoms with Crippen LogP contribution in [0.3, 0.4) is 0 Å². The molecule has 0 saturated heterocycles. The Morgan fingerprint density at radius 1 is 0.684 bits per heavy atom. The number of hydrogen-bond acceptors (Lipinski definition) is 3. The topological polar surface area (TPSA) is 27.7 Å². The van der Waals surface area contributed by atoms with Gasteiger partial charge in [0.05, 0.1) is 17.5 Å². The van der Waals surface area contributed by atoms with Gasteiger partial charge in [-0.05, 0) is 62.3 Å². The molecule has 0 aromatic rings. The second kappa shape index (κ2) is 7.56. The van der Waals surface area contributed by atoms with Crippen LogP contribution in [-0.4, -0.2) is 23.1 Å². The van der Waals surface area contributed by atoms with E-state index in [9.17, 15) is 0 Å². The van der Waals surface area contributed by atoms with Crippen LogP contribution in [0.15, 0.2) is 0 Å². The van der Waals surface area contributed by atoms with Crippen LogP contribution in [0.4, 0.5) is 0 Å². The van der Waals surface area contributed by atoms with E-state index >= 15 is 0 Å². The summed E-state index contributed by atoms with van der Waals surface area (Å²) in [5, 5.41) is 0. The van der Waals surface area contributed by atoms with Gasteiger partial charge in [0.1, 0.15) is 0 Å². The van der Waals surface area contributed by atoms with Crippen LogP contribution in [0.5, 0.6) is 0 Å². The van der Waals surface area contributed by atoms with Crippen molar-refractivity contribution in [1.82, 2.24) is 0 Å². The minimum atomic E-state index is -0.454. The molecule has 0 aromatic heterocycles. The van der Waals surface area contributed by atoms with E-state index in [0.717, 1.165) is 6.10 Å². The molecule has 0 amide bonds. The molecule has 0 N–H and O–H groups in total. The fourth-order valence-corrected chi connectivity index (χ4v) is 1.36. The monoisotopic (exact) mass is 307 g/mol. The molecule has 0 aromatic carbocycles. The van der Waals surface area contributed by atoms with E-state index in [1.165, 1.54) is 0 Å². The fourth-order valence-electron chi connectivity index (χ4n) is 1.36. The van der Waals surface area contributed by atoms with E-state index in [1.807, 2.05) is 69.2 Å². The van der Waals surface area contributed by atoms with Crippen molar-refractivity contribution in [1.29, 1.82) is 0 Å². The van der Waals surface area contributed by atoms with Gasteiger partial charge in [0, 0.05) is 27.3 Å². The van der Waals surface area contributed by atoms with Gasteiger partial charge in [0.25, 0.3) is 0 Å². The van der Waals surface area contributed by atoms with Gasteiger partial charge in [-0.15, -0.1) is 6.10 Å². The molecule has 0 aliphatic rings. The third-order valence-corrected chi connectivity index (χ3v) is 1.72. The molecule has 0 bridgehead atoms. The van der Waals surface area contributed by atoms with E-state index in [2.05, 4.69) is 0 Å². The van der Waals surface area contributed by atoms with Gasteiger partial charge in [-0.2, -0.15) is 6.92 Å². The molecular formula is C15H31O3Ti-. The molecule has 0 fully saturated rings. The first-order chi connectivity index (χ1) is 7.70. The van der Waals surface area contributed by atoms with Gasteiger partial charge < -0.3 is 14.2 Å². The van der Waals surface area contributed by atoms with Crippen molar-refractivity contribution in [2.24, 2.45) is 0 Å². The van der Waals surface area contributed by atoms with Crippen molar-refractivity contribution in [3.8, 4) is 0 Å². The summed E-state index contributed by atoms with van der Waals surface area (Å²) in [5.74, 6) is 0. The van der Waals surface area contributed by atoms with Crippen LogP contribution in [0.25, 0.3) is 0 Å². The summed E-state index contributed by atoms with van der Waals surface area (Å²) in [6, 6.07) is 0. The Labute approximate surface area is 134 Å². The molecule has 0 aliphatic carbocycles.